The topological polar surface area (TPSA) is 168 Å². The molecule has 244 valence electrons. The summed E-state index contributed by atoms with van der Waals surface area (Å²) < 4.78 is 33.2. The van der Waals surface area contributed by atoms with E-state index in [-0.39, 0.29) is 23.3 Å². The van der Waals surface area contributed by atoms with Crippen LogP contribution in [0.25, 0.3) is 11.8 Å². The molecule has 1 aliphatic heterocycles. The second-order valence-electron chi connectivity index (χ2n) is 10.1. The Bertz CT molecular complexity index is 1750. The molecule has 3 aromatic carbocycles. The van der Waals surface area contributed by atoms with Crippen LogP contribution in [0.2, 0.25) is 5.02 Å². The number of alkyl halides is 3. The van der Waals surface area contributed by atoms with Gasteiger partial charge in [-0.3, -0.25) is 9.59 Å². The van der Waals surface area contributed by atoms with Gasteiger partial charge in [-0.05, 0) is 77.4 Å². The van der Waals surface area contributed by atoms with Crippen LogP contribution in [-0.2, 0) is 14.4 Å². The lowest BCUT2D eigenvalue weighted by Crippen LogP contribution is -2.53. The SMILES string of the molecule is O=C(O)C(F)(F)F.O=C(O)c1ccc(NC(=O)C2C(c3ccccc3)CCCN2C(=O)C=Cc2cc(Cl)ccc2-n2cnnn2)cc1. The molecule has 1 fully saturated rings. The molecule has 4 aromatic rings. The van der Waals surface area contributed by atoms with Gasteiger partial charge in [0.25, 0.3) is 0 Å². The van der Waals surface area contributed by atoms with Crippen LogP contribution in [0.4, 0.5) is 18.9 Å². The van der Waals surface area contributed by atoms with Crippen molar-refractivity contribution >= 4 is 47.1 Å². The van der Waals surface area contributed by atoms with Crippen molar-refractivity contribution in [2.24, 2.45) is 0 Å². The lowest BCUT2D eigenvalue weighted by molar-refractivity contribution is -0.192. The number of aromatic nitrogens is 4. The highest BCUT2D eigenvalue weighted by Gasteiger charge is 2.40. The second-order valence-corrected chi connectivity index (χ2v) is 10.5. The number of anilines is 1. The van der Waals surface area contributed by atoms with Gasteiger partial charge in [-0.2, -0.15) is 17.9 Å². The van der Waals surface area contributed by atoms with Crippen LogP contribution in [-0.4, -0.2) is 77.8 Å². The van der Waals surface area contributed by atoms with Crippen LogP contribution in [0.1, 0.15) is 40.2 Å². The van der Waals surface area contributed by atoms with Crippen LogP contribution in [0.3, 0.4) is 0 Å². The number of aromatic carboxylic acids is 1. The molecule has 0 aliphatic carbocycles. The predicted molar refractivity (Wildman–Crippen MR) is 163 cm³/mol. The van der Waals surface area contributed by atoms with E-state index in [1.165, 1.54) is 41.4 Å². The van der Waals surface area contributed by atoms with Gasteiger partial charge in [0.2, 0.25) is 11.8 Å². The maximum Gasteiger partial charge on any atom is 0.490 e. The van der Waals surface area contributed by atoms with E-state index < -0.39 is 24.2 Å². The number of nitrogens with one attached hydrogen (secondary N) is 1. The Morgan fingerprint density at radius 1 is 0.979 bits per heavy atom. The van der Waals surface area contributed by atoms with Crippen molar-refractivity contribution in [3.63, 3.8) is 0 Å². The average Bonchev–Trinajstić information content (AvgIpc) is 3.59. The highest BCUT2D eigenvalue weighted by Crippen LogP contribution is 2.34. The normalized spacial score (nSPS) is 16.2. The van der Waals surface area contributed by atoms with Gasteiger partial charge in [0.15, 0.2) is 0 Å². The molecule has 5 rings (SSSR count). The molecule has 1 saturated heterocycles. The number of amides is 2. The number of benzene rings is 3. The van der Waals surface area contributed by atoms with Crippen LogP contribution >= 0.6 is 11.6 Å². The third kappa shape index (κ3) is 9.00. The number of piperidine rings is 1. The van der Waals surface area contributed by atoms with Gasteiger partial charge < -0.3 is 20.4 Å². The van der Waals surface area contributed by atoms with Crippen molar-refractivity contribution < 1.29 is 42.6 Å². The Morgan fingerprint density at radius 3 is 2.26 bits per heavy atom. The number of carboxylic acid groups (broad SMARTS) is 2. The van der Waals surface area contributed by atoms with E-state index in [1.807, 2.05) is 30.3 Å². The molecule has 0 spiro atoms. The molecule has 0 saturated carbocycles. The number of rotatable bonds is 7. The quantitative estimate of drug-likeness (QED) is 0.227. The molecule has 16 heteroatoms. The molecule has 47 heavy (non-hydrogen) atoms. The predicted octanol–water partition coefficient (Wildman–Crippen LogP) is 5.07. The molecule has 12 nitrogen and oxygen atoms in total. The van der Waals surface area contributed by atoms with Crippen LogP contribution in [0, 0.1) is 0 Å². The Labute approximate surface area is 270 Å². The van der Waals surface area contributed by atoms with E-state index in [0.29, 0.717) is 28.5 Å². The van der Waals surface area contributed by atoms with E-state index in [0.717, 1.165) is 18.4 Å². The lowest BCUT2D eigenvalue weighted by Gasteiger charge is -2.40. The van der Waals surface area contributed by atoms with Gasteiger partial charge in [-0.1, -0.05) is 41.9 Å². The van der Waals surface area contributed by atoms with Gasteiger partial charge in [0, 0.05) is 34.8 Å². The lowest BCUT2D eigenvalue weighted by atomic mass is 9.82. The maximum absolute atomic E-state index is 13.7. The van der Waals surface area contributed by atoms with Crippen molar-refractivity contribution in [1.82, 2.24) is 25.1 Å². The number of carbonyl (C=O) groups is 4. The van der Waals surface area contributed by atoms with Gasteiger partial charge in [-0.15, -0.1) is 5.10 Å². The number of hydrogen-bond acceptors (Lipinski definition) is 7. The van der Waals surface area contributed by atoms with E-state index in [9.17, 15) is 32.7 Å². The fourth-order valence-electron chi connectivity index (χ4n) is 4.92. The molecule has 0 bridgehead atoms. The second kappa shape index (κ2) is 15.1. The Morgan fingerprint density at radius 2 is 1.66 bits per heavy atom. The molecule has 2 atom stereocenters. The zero-order valence-electron chi connectivity index (χ0n) is 24.2. The smallest absolute Gasteiger partial charge is 0.478 e. The van der Waals surface area contributed by atoms with Gasteiger partial charge in [0.1, 0.15) is 12.4 Å². The standard InChI is InChI=1S/C29H25ClN6O4.C2HF3O2/c30-22-11-14-25(36-18-31-33-34-36)21(17-22)10-15-26(37)35-16-4-7-24(19-5-2-1-3-6-19)27(35)28(38)32-23-12-8-20(9-13-23)29(39)40;3-2(4,5)1(6)7/h1-3,5-6,8-15,17-18,24,27H,4,7,16H2,(H,32,38)(H,39,40);(H,6,7). The summed E-state index contributed by atoms with van der Waals surface area (Å²) >= 11 is 6.22. The number of aliphatic carboxylic acids is 1. The molecule has 2 amide bonds. The third-order valence-electron chi connectivity index (χ3n) is 7.04. The van der Waals surface area contributed by atoms with Gasteiger partial charge >= 0.3 is 18.1 Å². The summed E-state index contributed by atoms with van der Waals surface area (Å²) in [5.74, 6) is -4.72. The molecule has 0 radical (unpaired) electrons. The van der Waals surface area contributed by atoms with Gasteiger partial charge in [0.05, 0.1) is 11.3 Å². The number of nitrogens with zero attached hydrogens (tertiary/aromatic N) is 5. The first-order chi connectivity index (χ1) is 22.3. The van der Waals surface area contributed by atoms with Crippen molar-refractivity contribution in [1.29, 1.82) is 0 Å². The Hall–Kier alpha value is -5.57. The zero-order valence-corrected chi connectivity index (χ0v) is 25.0. The molecule has 1 aliphatic rings. The van der Waals surface area contributed by atoms with E-state index in [1.54, 1.807) is 29.2 Å². The average molecular weight is 671 g/mol. The maximum atomic E-state index is 13.7. The van der Waals surface area contributed by atoms with E-state index in [2.05, 4.69) is 20.8 Å². The van der Waals surface area contributed by atoms with Crippen LogP contribution in [0.5, 0.6) is 0 Å². The van der Waals surface area contributed by atoms with Crippen LogP contribution < -0.4 is 5.32 Å². The molecule has 2 unspecified atom stereocenters. The van der Waals surface area contributed by atoms with Crippen molar-refractivity contribution in [3.05, 3.63) is 107 Å². The number of carboxylic acids is 2. The third-order valence-corrected chi connectivity index (χ3v) is 7.28. The number of likely N-dealkylation sites (tertiary alicyclic amines) is 1. The summed E-state index contributed by atoms with van der Waals surface area (Å²) in [7, 11) is 0. The number of carbonyl (C=O) groups excluding carboxylic acids is 2. The van der Waals surface area contributed by atoms with Gasteiger partial charge in [-0.25, -0.2) is 9.59 Å². The van der Waals surface area contributed by atoms with Crippen molar-refractivity contribution in [2.75, 3.05) is 11.9 Å². The number of hydrogen-bond donors (Lipinski definition) is 3. The minimum absolute atomic E-state index is 0.113. The number of halogens is 4. The summed E-state index contributed by atoms with van der Waals surface area (Å²) in [5, 5.41) is 30.9. The van der Waals surface area contributed by atoms with Crippen molar-refractivity contribution in [3.8, 4) is 5.69 Å². The summed E-state index contributed by atoms with van der Waals surface area (Å²) in [6.07, 6.45) is 0.876. The van der Waals surface area contributed by atoms with Crippen molar-refractivity contribution in [2.45, 2.75) is 31.0 Å². The summed E-state index contributed by atoms with van der Waals surface area (Å²) in [4.78, 5) is 49.0. The van der Waals surface area contributed by atoms with Crippen LogP contribution in [0.15, 0.2) is 85.2 Å². The first kappa shape index (κ1) is 34.3. The molecular weight excluding hydrogens is 645 g/mol. The minimum Gasteiger partial charge on any atom is -0.478 e. The fraction of sp³-hybridized carbons (Fsp3) is 0.194. The molecule has 2 heterocycles. The van der Waals surface area contributed by atoms with E-state index >= 15 is 0 Å². The number of tetrazole rings is 1. The summed E-state index contributed by atoms with van der Waals surface area (Å²) in [6, 6.07) is 19.9. The Kier molecular flexibility index (Phi) is 11.1. The highest BCUT2D eigenvalue weighted by atomic mass is 35.5. The summed E-state index contributed by atoms with van der Waals surface area (Å²) in [5.41, 5.74) is 2.78. The highest BCUT2D eigenvalue weighted by molar-refractivity contribution is 6.30. The first-order valence-corrected chi connectivity index (χ1v) is 14.2. The zero-order chi connectivity index (χ0) is 34.1. The molecule has 3 N–H and O–H groups in total. The molecule has 1 aromatic heterocycles. The fourth-order valence-corrected chi connectivity index (χ4v) is 5.11. The minimum atomic E-state index is -5.08. The Balaban J connectivity index is 0.000000644. The monoisotopic (exact) mass is 670 g/mol. The van der Waals surface area contributed by atoms with E-state index in [4.69, 9.17) is 21.5 Å². The first-order valence-electron chi connectivity index (χ1n) is 13.9. The largest absolute Gasteiger partial charge is 0.490 e. The molecular formula is C31H26ClF3N6O6. The summed E-state index contributed by atoms with van der Waals surface area (Å²) in [6.45, 7) is 0.401.